The Hall–Kier alpha value is -1.96. The Labute approximate surface area is 142 Å². The molecule has 1 atom stereocenters. The van der Waals surface area contributed by atoms with Gasteiger partial charge in [-0.05, 0) is 17.7 Å². The van der Waals surface area contributed by atoms with Gasteiger partial charge >= 0.3 is 0 Å². The molecular formula is C16H18BrN5O. The van der Waals surface area contributed by atoms with Crippen LogP contribution in [0.15, 0.2) is 47.3 Å². The van der Waals surface area contributed by atoms with Crippen molar-refractivity contribution in [1.82, 2.24) is 25.3 Å². The van der Waals surface area contributed by atoms with Crippen molar-refractivity contribution in [3.05, 3.63) is 58.5 Å². The molecule has 120 valence electrons. The van der Waals surface area contributed by atoms with Gasteiger partial charge in [-0.3, -0.25) is 9.78 Å². The topological polar surface area (TPSA) is 78.8 Å². The molecule has 0 spiro atoms. The van der Waals surface area contributed by atoms with E-state index in [2.05, 4.69) is 36.5 Å². The first kappa shape index (κ1) is 15.9. The van der Waals surface area contributed by atoms with Gasteiger partial charge in [-0.2, -0.15) is 10.2 Å². The van der Waals surface area contributed by atoms with Crippen LogP contribution < -0.4 is 5.32 Å². The molecule has 0 bridgehead atoms. The van der Waals surface area contributed by atoms with Crippen LogP contribution in [-0.4, -0.2) is 31.6 Å². The number of nitrogens with one attached hydrogen (secondary N) is 2. The van der Waals surface area contributed by atoms with E-state index in [1.165, 1.54) is 0 Å². The minimum Gasteiger partial charge on any atom is -0.387 e. The van der Waals surface area contributed by atoms with Gasteiger partial charge in [0.15, 0.2) is 0 Å². The minimum atomic E-state index is -0.577. The molecule has 0 radical (unpaired) electrons. The highest BCUT2D eigenvalue weighted by Crippen LogP contribution is 2.23. The number of hydrogen-bond donors (Lipinski definition) is 3. The van der Waals surface area contributed by atoms with Crippen LogP contribution in [-0.2, 0) is 13.6 Å². The van der Waals surface area contributed by atoms with Gasteiger partial charge in [0.2, 0.25) is 0 Å². The van der Waals surface area contributed by atoms with Crippen LogP contribution in [0.3, 0.4) is 0 Å². The zero-order valence-corrected chi connectivity index (χ0v) is 14.3. The Kier molecular flexibility index (Phi) is 4.90. The van der Waals surface area contributed by atoms with Crippen LogP contribution in [0.5, 0.6) is 0 Å². The van der Waals surface area contributed by atoms with E-state index in [4.69, 9.17) is 0 Å². The smallest absolute Gasteiger partial charge is 0.0944 e. The van der Waals surface area contributed by atoms with Crippen molar-refractivity contribution in [1.29, 1.82) is 0 Å². The third-order valence-corrected chi connectivity index (χ3v) is 4.14. The molecule has 1 unspecified atom stereocenters. The summed E-state index contributed by atoms with van der Waals surface area (Å²) in [5, 5.41) is 24.6. The fraction of sp³-hybridized carbons (Fsp3) is 0.250. The summed E-state index contributed by atoms with van der Waals surface area (Å²) in [6.07, 6.45) is 4.72. The van der Waals surface area contributed by atoms with Gasteiger partial charge in [-0.1, -0.05) is 28.1 Å². The Morgan fingerprint density at radius 2 is 2.09 bits per heavy atom. The van der Waals surface area contributed by atoms with E-state index in [0.717, 1.165) is 26.9 Å². The second-order valence-electron chi connectivity index (χ2n) is 5.37. The number of H-pyrrole nitrogens is 1. The average molecular weight is 376 g/mol. The molecule has 3 rings (SSSR count). The Morgan fingerprint density at radius 3 is 2.78 bits per heavy atom. The maximum atomic E-state index is 10.1. The Morgan fingerprint density at radius 1 is 1.30 bits per heavy atom. The van der Waals surface area contributed by atoms with E-state index < -0.39 is 6.10 Å². The Balaban J connectivity index is 1.61. The largest absolute Gasteiger partial charge is 0.387 e. The number of hydrogen-bond acceptors (Lipinski definition) is 4. The molecule has 2 aromatic heterocycles. The first-order valence-electron chi connectivity index (χ1n) is 7.29. The summed E-state index contributed by atoms with van der Waals surface area (Å²) >= 11 is 3.44. The van der Waals surface area contributed by atoms with E-state index in [-0.39, 0.29) is 0 Å². The van der Waals surface area contributed by atoms with Gasteiger partial charge in [-0.15, -0.1) is 0 Å². The predicted molar refractivity (Wildman–Crippen MR) is 91.6 cm³/mol. The maximum absolute atomic E-state index is 10.1. The summed E-state index contributed by atoms with van der Waals surface area (Å²) < 4.78 is 2.72. The molecule has 2 heterocycles. The predicted octanol–water partition coefficient (Wildman–Crippen LogP) is 2.40. The van der Waals surface area contributed by atoms with Gasteiger partial charge in [-0.25, -0.2) is 0 Å². The number of nitrogens with zero attached hydrogens (tertiary/aromatic N) is 3. The summed E-state index contributed by atoms with van der Waals surface area (Å²) in [5.74, 6) is 0. The highest BCUT2D eigenvalue weighted by Gasteiger charge is 2.11. The molecule has 0 aliphatic carbocycles. The van der Waals surface area contributed by atoms with Crippen LogP contribution in [0.2, 0.25) is 0 Å². The van der Waals surface area contributed by atoms with E-state index in [1.54, 1.807) is 17.1 Å². The van der Waals surface area contributed by atoms with Crippen LogP contribution in [0.25, 0.3) is 11.3 Å². The van der Waals surface area contributed by atoms with Crippen molar-refractivity contribution in [3.8, 4) is 11.3 Å². The van der Waals surface area contributed by atoms with E-state index in [9.17, 15) is 5.11 Å². The van der Waals surface area contributed by atoms with Crippen molar-refractivity contribution >= 4 is 15.9 Å². The quantitative estimate of drug-likeness (QED) is 0.617. The molecule has 0 amide bonds. The molecule has 0 saturated heterocycles. The lowest BCUT2D eigenvalue weighted by atomic mass is 10.1. The van der Waals surface area contributed by atoms with E-state index >= 15 is 0 Å². The zero-order chi connectivity index (χ0) is 16.2. The summed E-state index contributed by atoms with van der Waals surface area (Å²) in [7, 11) is 1.83. The standard InChI is InChI=1S/C16H18BrN5O/c1-22-10-13(8-20-22)15(23)9-18-6-12-7-19-21-16(12)11-2-4-14(17)5-3-11/h2-5,7-8,10,15,18,23H,6,9H2,1H3,(H,19,21). The normalized spacial score (nSPS) is 12.5. The van der Waals surface area contributed by atoms with Gasteiger partial charge in [0.1, 0.15) is 0 Å². The lowest BCUT2D eigenvalue weighted by Gasteiger charge is -2.10. The molecule has 0 aliphatic rings. The van der Waals surface area contributed by atoms with Gasteiger partial charge in [0.25, 0.3) is 0 Å². The number of aromatic amines is 1. The van der Waals surface area contributed by atoms with Crippen LogP contribution >= 0.6 is 15.9 Å². The fourth-order valence-electron chi connectivity index (χ4n) is 2.39. The fourth-order valence-corrected chi connectivity index (χ4v) is 2.65. The summed E-state index contributed by atoms with van der Waals surface area (Å²) in [6.45, 7) is 1.08. The first-order chi connectivity index (χ1) is 11.1. The summed E-state index contributed by atoms with van der Waals surface area (Å²) in [5.41, 5.74) is 3.93. The van der Waals surface area contributed by atoms with Gasteiger partial charge in [0.05, 0.1) is 24.2 Å². The van der Waals surface area contributed by atoms with Crippen LogP contribution in [0.4, 0.5) is 0 Å². The molecule has 23 heavy (non-hydrogen) atoms. The summed E-state index contributed by atoms with van der Waals surface area (Å²) in [4.78, 5) is 0. The number of aliphatic hydroxyl groups is 1. The molecule has 0 fully saturated rings. The summed E-state index contributed by atoms with van der Waals surface area (Å²) in [6, 6.07) is 8.07. The molecule has 3 aromatic rings. The SMILES string of the molecule is Cn1cc(C(O)CNCc2cn[nH]c2-c2ccc(Br)cc2)cn1. The van der Waals surface area contributed by atoms with Crippen molar-refractivity contribution in [2.24, 2.45) is 7.05 Å². The number of benzene rings is 1. The third-order valence-electron chi connectivity index (χ3n) is 3.61. The molecule has 6 nitrogen and oxygen atoms in total. The maximum Gasteiger partial charge on any atom is 0.0944 e. The van der Waals surface area contributed by atoms with E-state index in [1.807, 2.05) is 37.5 Å². The highest BCUT2D eigenvalue weighted by molar-refractivity contribution is 9.10. The van der Waals surface area contributed by atoms with Crippen molar-refractivity contribution < 1.29 is 5.11 Å². The number of aromatic nitrogens is 4. The molecule has 3 N–H and O–H groups in total. The molecule has 0 saturated carbocycles. The Bertz CT molecular complexity index is 765. The van der Waals surface area contributed by atoms with Gasteiger partial charge < -0.3 is 10.4 Å². The zero-order valence-electron chi connectivity index (χ0n) is 12.7. The highest BCUT2D eigenvalue weighted by atomic mass is 79.9. The van der Waals surface area contributed by atoms with Crippen molar-refractivity contribution in [2.75, 3.05) is 6.54 Å². The molecule has 7 heteroatoms. The van der Waals surface area contributed by atoms with E-state index in [0.29, 0.717) is 13.1 Å². The lowest BCUT2D eigenvalue weighted by Crippen LogP contribution is -2.21. The molecule has 1 aromatic carbocycles. The number of rotatable bonds is 6. The third kappa shape index (κ3) is 3.87. The molecule has 0 aliphatic heterocycles. The van der Waals surface area contributed by atoms with Crippen molar-refractivity contribution in [2.45, 2.75) is 12.6 Å². The van der Waals surface area contributed by atoms with Crippen molar-refractivity contribution in [3.63, 3.8) is 0 Å². The van der Waals surface area contributed by atoms with Crippen LogP contribution in [0.1, 0.15) is 17.2 Å². The first-order valence-corrected chi connectivity index (χ1v) is 8.08. The molecular weight excluding hydrogens is 358 g/mol. The average Bonchev–Trinajstić information content (AvgIpc) is 3.17. The second-order valence-corrected chi connectivity index (χ2v) is 6.29. The number of aryl methyl sites for hydroxylation is 1. The minimum absolute atomic E-state index is 0.455. The lowest BCUT2D eigenvalue weighted by molar-refractivity contribution is 0.174. The second kappa shape index (κ2) is 7.08. The number of aliphatic hydroxyl groups excluding tert-OH is 1. The van der Waals surface area contributed by atoms with Crippen LogP contribution in [0, 0.1) is 0 Å². The monoisotopic (exact) mass is 375 g/mol. The number of halogens is 1. The van der Waals surface area contributed by atoms with Gasteiger partial charge in [0, 0.05) is 41.9 Å².